The Morgan fingerprint density at radius 2 is 2.10 bits per heavy atom. The third kappa shape index (κ3) is 2.10. The van der Waals surface area contributed by atoms with Crippen LogP contribution in [0, 0.1) is 0 Å². The molecule has 2 aromatic heterocycles. The zero-order valence-corrected chi connectivity index (χ0v) is 12.8. The number of fused-ring (bicyclic) bond motifs is 2. The molecule has 1 aliphatic carbocycles. The predicted octanol–water partition coefficient (Wildman–Crippen LogP) is 4.21. The van der Waals surface area contributed by atoms with Crippen LogP contribution < -0.4 is 4.90 Å². The second-order valence-electron chi connectivity index (χ2n) is 5.55. The lowest BCUT2D eigenvalue weighted by atomic mass is 9.87. The van der Waals surface area contributed by atoms with E-state index in [0.29, 0.717) is 6.04 Å². The second-order valence-corrected chi connectivity index (χ2v) is 6.45. The van der Waals surface area contributed by atoms with E-state index in [0.717, 1.165) is 16.0 Å². The van der Waals surface area contributed by atoms with Gasteiger partial charge in [0.25, 0.3) is 0 Å². The second kappa shape index (κ2) is 5.11. The quantitative estimate of drug-likeness (QED) is 0.709. The standard InChI is InChI=1S/C17H17N3S/c1-20(16-14-9-10-21-17(14)19-11-18-16)15-8-4-6-12-5-2-3-7-13(12)15/h2-3,5,7,9-11,15H,4,6,8H2,1H3/t15-/m0/s1. The summed E-state index contributed by atoms with van der Waals surface area (Å²) in [5.41, 5.74) is 2.93. The van der Waals surface area contributed by atoms with E-state index < -0.39 is 0 Å². The average Bonchev–Trinajstić information content (AvgIpc) is 3.02. The molecule has 0 unspecified atom stereocenters. The SMILES string of the molecule is CN(c1ncnc2sccc12)[C@H]1CCCc2ccccc21. The van der Waals surface area contributed by atoms with Gasteiger partial charge in [0.2, 0.25) is 0 Å². The van der Waals surface area contributed by atoms with E-state index in [2.05, 4.69) is 57.6 Å². The number of rotatable bonds is 2. The highest BCUT2D eigenvalue weighted by Crippen LogP contribution is 2.37. The number of hydrogen-bond acceptors (Lipinski definition) is 4. The minimum Gasteiger partial charge on any atom is -0.352 e. The van der Waals surface area contributed by atoms with Gasteiger partial charge in [-0.2, -0.15) is 0 Å². The number of hydrogen-bond donors (Lipinski definition) is 0. The molecule has 0 aliphatic heterocycles. The molecular formula is C17H17N3S. The lowest BCUT2D eigenvalue weighted by Gasteiger charge is -2.34. The van der Waals surface area contributed by atoms with Crippen LogP contribution in [0.1, 0.15) is 30.0 Å². The minimum absolute atomic E-state index is 0.410. The number of nitrogens with zero attached hydrogens (tertiary/aromatic N) is 3. The topological polar surface area (TPSA) is 29.0 Å². The first-order valence-electron chi connectivity index (χ1n) is 7.33. The maximum atomic E-state index is 4.55. The molecule has 106 valence electrons. The highest BCUT2D eigenvalue weighted by atomic mass is 32.1. The number of benzene rings is 1. The molecule has 3 nitrogen and oxygen atoms in total. The summed E-state index contributed by atoms with van der Waals surface area (Å²) in [5.74, 6) is 1.04. The molecule has 4 rings (SSSR count). The Kier molecular flexibility index (Phi) is 3.11. The number of anilines is 1. The fourth-order valence-electron chi connectivity index (χ4n) is 3.34. The van der Waals surface area contributed by atoms with Crippen LogP contribution in [-0.2, 0) is 6.42 Å². The zero-order valence-electron chi connectivity index (χ0n) is 12.0. The Hall–Kier alpha value is -1.94. The Morgan fingerprint density at radius 1 is 1.19 bits per heavy atom. The van der Waals surface area contributed by atoms with Crippen LogP contribution in [0.4, 0.5) is 5.82 Å². The number of aromatic nitrogens is 2. The van der Waals surface area contributed by atoms with Gasteiger partial charge in [0.15, 0.2) is 0 Å². The normalized spacial score (nSPS) is 17.7. The van der Waals surface area contributed by atoms with Gasteiger partial charge in [-0.1, -0.05) is 24.3 Å². The van der Waals surface area contributed by atoms with E-state index in [1.807, 2.05) is 0 Å². The predicted molar refractivity (Wildman–Crippen MR) is 87.9 cm³/mol. The van der Waals surface area contributed by atoms with Crippen molar-refractivity contribution in [2.45, 2.75) is 25.3 Å². The molecular weight excluding hydrogens is 278 g/mol. The molecule has 21 heavy (non-hydrogen) atoms. The molecule has 0 spiro atoms. The van der Waals surface area contributed by atoms with Gasteiger partial charge in [-0.25, -0.2) is 9.97 Å². The molecule has 0 fully saturated rings. The Morgan fingerprint density at radius 3 is 3.05 bits per heavy atom. The molecule has 0 radical (unpaired) electrons. The van der Waals surface area contributed by atoms with Gasteiger partial charge in [-0.15, -0.1) is 11.3 Å². The molecule has 4 heteroatoms. The molecule has 3 aromatic rings. The summed E-state index contributed by atoms with van der Waals surface area (Å²) in [7, 11) is 2.16. The van der Waals surface area contributed by atoms with Crippen molar-refractivity contribution in [2.75, 3.05) is 11.9 Å². The molecule has 1 aliphatic rings. The van der Waals surface area contributed by atoms with E-state index in [9.17, 15) is 0 Å². The molecule has 0 saturated heterocycles. The molecule has 0 saturated carbocycles. The van der Waals surface area contributed by atoms with E-state index in [1.165, 1.54) is 30.4 Å². The van der Waals surface area contributed by atoms with Crippen molar-refractivity contribution < 1.29 is 0 Å². The lowest BCUT2D eigenvalue weighted by Crippen LogP contribution is -2.28. The van der Waals surface area contributed by atoms with Gasteiger partial charge >= 0.3 is 0 Å². The average molecular weight is 295 g/mol. The summed E-state index contributed by atoms with van der Waals surface area (Å²) < 4.78 is 0. The zero-order chi connectivity index (χ0) is 14.2. The molecule has 2 heterocycles. The van der Waals surface area contributed by atoms with Crippen LogP contribution in [0.3, 0.4) is 0 Å². The highest BCUT2D eigenvalue weighted by molar-refractivity contribution is 7.16. The van der Waals surface area contributed by atoms with Gasteiger partial charge in [-0.05, 0) is 41.8 Å². The van der Waals surface area contributed by atoms with E-state index in [-0.39, 0.29) is 0 Å². The van der Waals surface area contributed by atoms with Crippen LogP contribution in [0.2, 0.25) is 0 Å². The summed E-state index contributed by atoms with van der Waals surface area (Å²) >= 11 is 1.67. The molecule has 1 atom stereocenters. The van der Waals surface area contributed by atoms with Crippen LogP contribution >= 0.6 is 11.3 Å². The third-order valence-corrected chi connectivity index (χ3v) is 5.20. The number of aryl methyl sites for hydroxylation is 1. The van der Waals surface area contributed by atoms with Crippen LogP contribution in [0.25, 0.3) is 10.2 Å². The Balaban J connectivity index is 1.79. The summed E-state index contributed by atoms with van der Waals surface area (Å²) in [6.45, 7) is 0. The highest BCUT2D eigenvalue weighted by Gasteiger charge is 2.25. The molecule has 0 N–H and O–H groups in total. The fourth-order valence-corrected chi connectivity index (χ4v) is 4.06. The van der Waals surface area contributed by atoms with Crippen molar-refractivity contribution in [1.82, 2.24) is 9.97 Å². The van der Waals surface area contributed by atoms with E-state index in [1.54, 1.807) is 17.7 Å². The summed E-state index contributed by atoms with van der Waals surface area (Å²) in [4.78, 5) is 12.3. The van der Waals surface area contributed by atoms with Crippen molar-refractivity contribution in [2.24, 2.45) is 0 Å². The van der Waals surface area contributed by atoms with Crippen LogP contribution in [0.15, 0.2) is 42.0 Å². The smallest absolute Gasteiger partial charge is 0.141 e. The summed E-state index contributed by atoms with van der Waals surface area (Å²) in [5, 5.41) is 3.25. The number of thiophene rings is 1. The third-order valence-electron chi connectivity index (χ3n) is 4.38. The first kappa shape index (κ1) is 12.8. The Bertz CT molecular complexity index is 780. The Labute approximate surface area is 128 Å². The van der Waals surface area contributed by atoms with Crippen LogP contribution in [0.5, 0.6) is 0 Å². The van der Waals surface area contributed by atoms with Crippen LogP contribution in [-0.4, -0.2) is 17.0 Å². The van der Waals surface area contributed by atoms with Crippen molar-refractivity contribution in [3.05, 3.63) is 53.2 Å². The van der Waals surface area contributed by atoms with Crippen molar-refractivity contribution in [3.63, 3.8) is 0 Å². The fraction of sp³-hybridized carbons (Fsp3) is 0.294. The maximum Gasteiger partial charge on any atom is 0.141 e. The van der Waals surface area contributed by atoms with Crippen molar-refractivity contribution in [1.29, 1.82) is 0 Å². The van der Waals surface area contributed by atoms with Gasteiger partial charge in [0.1, 0.15) is 17.0 Å². The lowest BCUT2D eigenvalue weighted by molar-refractivity contribution is 0.543. The first-order chi connectivity index (χ1) is 10.3. The molecule has 0 bridgehead atoms. The monoisotopic (exact) mass is 295 g/mol. The summed E-state index contributed by atoms with van der Waals surface area (Å²) in [6.07, 6.45) is 5.30. The molecule has 1 aromatic carbocycles. The van der Waals surface area contributed by atoms with Gasteiger partial charge in [-0.3, -0.25) is 0 Å². The van der Waals surface area contributed by atoms with E-state index >= 15 is 0 Å². The van der Waals surface area contributed by atoms with Gasteiger partial charge in [0, 0.05) is 7.05 Å². The van der Waals surface area contributed by atoms with Crippen molar-refractivity contribution in [3.8, 4) is 0 Å². The van der Waals surface area contributed by atoms with Gasteiger partial charge < -0.3 is 4.90 Å². The largest absolute Gasteiger partial charge is 0.352 e. The van der Waals surface area contributed by atoms with Gasteiger partial charge in [0.05, 0.1) is 11.4 Å². The van der Waals surface area contributed by atoms with E-state index in [4.69, 9.17) is 0 Å². The van der Waals surface area contributed by atoms with Crippen molar-refractivity contribution >= 4 is 27.4 Å². The minimum atomic E-state index is 0.410. The summed E-state index contributed by atoms with van der Waals surface area (Å²) in [6, 6.07) is 11.3. The maximum absolute atomic E-state index is 4.55. The molecule has 0 amide bonds. The first-order valence-corrected chi connectivity index (χ1v) is 8.21.